The topological polar surface area (TPSA) is 50.4 Å². The molecule has 0 fully saturated rings. The van der Waals surface area contributed by atoms with Crippen LogP contribution in [0.25, 0.3) is 10.8 Å². The van der Waals surface area contributed by atoms with Gasteiger partial charge in [-0.1, -0.05) is 56.3 Å². The van der Waals surface area contributed by atoms with Crippen LogP contribution in [0.3, 0.4) is 0 Å². The fourth-order valence-corrected chi connectivity index (χ4v) is 2.07. The Morgan fingerprint density at radius 3 is 2.57 bits per heavy atom. The normalized spacial score (nSPS) is 11.5. The van der Waals surface area contributed by atoms with E-state index in [9.17, 15) is 0 Å². The minimum atomic E-state index is 0. The number of aliphatic imine (C=N–C) groups is 1. The first kappa shape index (κ1) is 17.8. The Morgan fingerprint density at radius 1 is 1.14 bits per heavy atom. The molecule has 0 heterocycles. The summed E-state index contributed by atoms with van der Waals surface area (Å²) >= 11 is 0. The van der Waals surface area contributed by atoms with Crippen molar-refractivity contribution in [2.75, 3.05) is 13.1 Å². The number of halogens is 1. The van der Waals surface area contributed by atoms with Crippen LogP contribution >= 0.6 is 24.0 Å². The molecule has 0 amide bonds. The van der Waals surface area contributed by atoms with E-state index in [1.807, 2.05) is 0 Å². The number of nitrogens with two attached hydrogens (primary N) is 1. The van der Waals surface area contributed by atoms with Gasteiger partial charge in [0.2, 0.25) is 0 Å². The monoisotopic (exact) mass is 397 g/mol. The van der Waals surface area contributed by atoms with Crippen molar-refractivity contribution < 1.29 is 0 Å². The van der Waals surface area contributed by atoms with Crippen molar-refractivity contribution in [1.29, 1.82) is 0 Å². The van der Waals surface area contributed by atoms with Crippen molar-refractivity contribution >= 4 is 40.7 Å². The van der Waals surface area contributed by atoms with E-state index in [1.54, 1.807) is 0 Å². The third-order valence-corrected chi connectivity index (χ3v) is 3.16. The molecule has 0 unspecified atom stereocenters. The van der Waals surface area contributed by atoms with E-state index in [-0.39, 0.29) is 24.0 Å². The molecule has 0 saturated carbocycles. The van der Waals surface area contributed by atoms with Gasteiger partial charge in [0, 0.05) is 13.1 Å². The number of nitrogens with zero attached hydrogens (tertiary/aromatic N) is 1. The molecule has 0 saturated heterocycles. The van der Waals surface area contributed by atoms with Crippen molar-refractivity contribution in [3.8, 4) is 0 Å². The number of benzene rings is 2. The van der Waals surface area contributed by atoms with Crippen LogP contribution in [0.15, 0.2) is 47.5 Å². The fourth-order valence-electron chi connectivity index (χ4n) is 2.07. The maximum atomic E-state index is 5.82. The summed E-state index contributed by atoms with van der Waals surface area (Å²) in [6.07, 6.45) is 0.947. The van der Waals surface area contributed by atoms with Crippen molar-refractivity contribution in [3.05, 3.63) is 48.0 Å². The minimum Gasteiger partial charge on any atom is -0.370 e. The molecule has 0 aliphatic rings. The van der Waals surface area contributed by atoms with Gasteiger partial charge in [-0.25, -0.2) is 0 Å². The third kappa shape index (κ3) is 5.91. The SMILES string of the molecule is CC(C)CN=C(N)NCCc1ccc2ccccc2c1.I. The zero-order valence-corrected chi connectivity index (χ0v) is 15.0. The average molecular weight is 397 g/mol. The summed E-state index contributed by atoms with van der Waals surface area (Å²) in [6.45, 7) is 5.85. The van der Waals surface area contributed by atoms with Crippen LogP contribution in [0.5, 0.6) is 0 Å². The lowest BCUT2D eigenvalue weighted by Gasteiger charge is -2.07. The first-order valence-electron chi connectivity index (χ1n) is 7.16. The molecular formula is C17H24IN3. The molecule has 0 aromatic heterocycles. The molecule has 3 nitrogen and oxygen atoms in total. The molecule has 114 valence electrons. The van der Waals surface area contributed by atoms with Crippen LogP contribution < -0.4 is 11.1 Å². The molecule has 2 aromatic rings. The van der Waals surface area contributed by atoms with Gasteiger partial charge in [-0.05, 0) is 28.7 Å². The largest absolute Gasteiger partial charge is 0.370 e. The van der Waals surface area contributed by atoms with E-state index < -0.39 is 0 Å². The van der Waals surface area contributed by atoms with E-state index in [0.29, 0.717) is 11.9 Å². The molecule has 2 rings (SSSR count). The summed E-state index contributed by atoms with van der Waals surface area (Å²) in [5.74, 6) is 1.08. The molecule has 0 radical (unpaired) electrons. The lowest BCUT2D eigenvalue weighted by Crippen LogP contribution is -2.33. The number of fused-ring (bicyclic) bond motifs is 1. The van der Waals surface area contributed by atoms with Crippen molar-refractivity contribution in [3.63, 3.8) is 0 Å². The highest BCUT2D eigenvalue weighted by Gasteiger charge is 1.98. The number of rotatable bonds is 5. The Balaban J connectivity index is 0.00000220. The Morgan fingerprint density at radius 2 is 1.86 bits per heavy atom. The van der Waals surface area contributed by atoms with E-state index >= 15 is 0 Å². The standard InChI is InChI=1S/C17H23N3.HI/c1-13(2)12-20-17(18)19-10-9-14-7-8-15-5-3-4-6-16(15)11-14;/h3-8,11,13H,9-10,12H2,1-2H3,(H3,18,19,20);1H. The van der Waals surface area contributed by atoms with Gasteiger partial charge in [0.1, 0.15) is 0 Å². The number of hydrogen-bond donors (Lipinski definition) is 2. The van der Waals surface area contributed by atoms with Crippen LogP contribution in [0.1, 0.15) is 19.4 Å². The summed E-state index contributed by atoms with van der Waals surface area (Å²) in [5.41, 5.74) is 7.13. The van der Waals surface area contributed by atoms with Crippen LogP contribution in [-0.4, -0.2) is 19.0 Å². The quantitative estimate of drug-likeness (QED) is 0.461. The van der Waals surface area contributed by atoms with E-state index in [1.165, 1.54) is 16.3 Å². The van der Waals surface area contributed by atoms with Crippen LogP contribution in [-0.2, 0) is 6.42 Å². The summed E-state index contributed by atoms with van der Waals surface area (Å²) in [4.78, 5) is 4.29. The van der Waals surface area contributed by atoms with Gasteiger partial charge in [-0.2, -0.15) is 0 Å². The van der Waals surface area contributed by atoms with Gasteiger partial charge in [0.15, 0.2) is 5.96 Å². The minimum absolute atomic E-state index is 0. The maximum absolute atomic E-state index is 5.82. The van der Waals surface area contributed by atoms with Crippen LogP contribution in [0.2, 0.25) is 0 Å². The second-order valence-electron chi connectivity index (χ2n) is 5.48. The van der Waals surface area contributed by atoms with Gasteiger partial charge >= 0.3 is 0 Å². The molecule has 0 aliphatic carbocycles. The highest BCUT2D eigenvalue weighted by atomic mass is 127. The number of nitrogens with one attached hydrogen (secondary N) is 1. The predicted octanol–water partition coefficient (Wildman–Crippen LogP) is 3.56. The third-order valence-electron chi connectivity index (χ3n) is 3.16. The Labute approximate surface area is 144 Å². The molecule has 0 aliphatic heterocycles. The first-order valence-corrected chi connectivity index (χ1v) is 7.16. The van der Waals surface area contributed by atoms with Gasteiger partial charge in [0.25, 0.3) is 0 Å². The fraction of sp³-hybridized carbons (Fsp3) is 0.353. The van der Waals surface area contributed by atoms with Gasteiger partial charge in [-0.15, -0.1) is 24.0 Å². The summed E-state index contributed by atoms with van der Waals surface area (Å²) in [5, 5.41) is 5.73. The lowest BCUT2D eigenvalue weighted by atomic mass is 10.1. The zero-order chi connectivity index (χ0) is 14.4. The number of guanidine groups is 1. The number of hydrogen-bond acceptors (Lipinski definition) is 1. The molecule has 0 bridgehead atoms. The highest BCUT2D eigenvalue weighted by molar-refractivity contribution is 14.0. The predicted molar refractivity (Wildman–Crippen MR) is 102 cm³/mol. The van der Waals surface area contributed by atoms with Crippen molar-refractivity contribution in [1.82, 2.24) is 5.32 Å². The lowest BCUT2D eigenvalue weighted by molar-refractivity contribution is 0.661. The molecule has 3 N–H and O–H groups in total. The second-order valence-corrected chi connectivity index (χ2v) is 5.48. The van der Waals surface area contributed by atoms with Crippen LogP contribution in [0.4, 0.5) is 0 Å². The van der Waals surface area contributed by atoms with Crippen molar-refractivity contribution in [2.24, 2.45) is 16.6 Å². The molecule has 21 heavy (non-hydrogen) atoms. The Kier molecular flexibility index (Phi) is 7.50. The maximum Gasteiger partial charge on any atom is 0.188 e. The molecule has 0 atom stereocenters. The summed E-state index contributed by atoms with van der Waals surface area (Å²) in [7, 11) is 0. The Bertz CT molecular complexity index is 593. The first-order chi connectivity index (χ1) is 9.65. The smallest absolute Gasteiger partial charge is 0.188 e. The summed E-state index contributed by atoms with van der Waals surface area (Å²) in [6, 6.07) is 15.0. The van der Waals surface area contributed by atoms with Crippen LogP contribution in [0, 0.1) is 5.92 Å². The van der Waals surface area contributed by atoms with Gasteiger partial charge in [0.05, 0.1) is 0 Å². The summed E-state index contributed by atoms with van der Waals surface area (Å²) < 4.78 is 0. The molecule has 2 aromatic carbocycles. The molecule has 4 heteroatoms. The van der Waals surface area contributed by atoms with E-state index in [2.05, 4.69) is 66.6 Å². The zero-order valence-electron chi connectivity index (χ0n) is 12.7. The van der Waals surface area contributed by atoms with E-state index in [4.69, 9.17) is 5.73 Å². The van der Waals surface area contributed by atoms with E-state index in [0.717, 1.165) is 19.5 Å². The molecular weight excluding hydrogens is 373 g/mol. The van der Waals surface area contributed by atoms with Gasteiger partial charge < -0.3 is 11.1 Å². The average Bonchev–Trinajstić information content (AvgIpc) is 2.45. The van der Waals surface area contributed by atoms with Gasteiger partial charge in [-0.3, -0.25) is 4.99 Å². The second kappa shape index (κ2) is 8.87. The Hall–Kier alpha value is -1.30. The highest BCUT2D eigenvalue weighted by Crippen LogP contribution is 2.15. The molecule has 0 spiro atoms. The van der Waals surface area contributed by atoms with Crippen molar-refractivity contribution in [2.45, 2.75) is 20.3 Å².